The normalized spacial score (nSPS) is 15.9. The molecule has 0 saturated heterocycles. The van der Waals surface area contributed by atoms with Crippen molar-refractivity contribution in [3.05, 3.63) is 33.7 Å². The predicted molar refractivity (Wildman–Crippen MR) is 76.3 cm³/mol. The summed E-state index contributed by atoms with van der Waals surface area (Å²) in [5.41, 5.74) is 1.57. The second kappa shape index (κ2) is 5.68. The summed E-state index contributed by atoms with van der Waals surface area (Å²) in [7, 11) is 0. The molecule has 0 radical (unpaired) electrons. The van der Waals surface area contributed by atoms with Crippen LogP contribution in [0.1, 0.15) is 42.9 Å². The number of aliphatic hydroxyl groups is 1. The lowest BCUT2D eigenvalue weighted by atomic mass is 10.0. The molecule has 2 heterocycles. The number of hydrogen-bond donors (Lipinski definition) is 1. The fourth-order valence-corrected chi connectivity index (χ4v) is 3.07. The highest BCUT2D eigenvalue weighted by Crippen LogP contribution is 2.37. The van der Waals surface area contributed by atoms with Gasteiger partial charge in [0.1, 0.15) is 5.15 Å². The van der Waals surface area contributed by atoms with Crippen LogP contribution in [0.15, 0.2) is 12.1 Å². The standard InChI is InChI=1S/C13H14Cl2N4O/c14-10-5-6-11(17-16-10)19-13(15)9(7-20)12(18-19)8-3-1-2-4-8/h5-6,8,20H,1-4,7H2. The van der Waals surface area contributed by atoms with Crippen molar-refractivity contribution in [3.63, 3.8) is 0 Å². The number of nitrogens with zero attached hydrogens (tertiary/aromatic N) is 4. The molecule has 106 valence electrons. The van der Waals surface area contributed by atoms with Crippen molar-refractivity contribution >= 4 is 23.2 Å². The van der Waals surface area contributed by atoms with Crippen LogP contribution in [0.25, 0.3) is 5.82 Å². The highest BCUT2D eigenvalue weighted by molar-refractivity contribution is 6.30. The van der Waals surface area contributed by atoms with Gasteiger partial charge in [-0.1, -0.05) is 36.0 Å². The van der Waals surface area contributed by atoms with Crippen LogP contribution in [0.3, 0.4) is 0 Å². The van der Waals surface area contributed by atoms with E-state index in [0.717, 1.165) is 18.5 Å². The van der Waals surface area contributed by atoms with Crippen LogP contribution in [-0.4, -0.2) is 25.1 Å². The van der Waals surface area contributed by atoms with Gasteiger partial charge in [-0.2, -0.15) is 5.10 Å². The number of aromatic nitrogens is 4. The molecule has 0 atom stereocenters. The molecule has 3 rings (SSSR count). The Bertz CT molecular complexity index is 606. The first-order valence-corrected chi connectivity index (χ1v) is 7.34. The Balaban J connectivity index is 2.05. The maximum absolute atomic E-state index is 9.57. The van der Waals surface area contributed by atoms with Crippen LogP contribution < -0.4 is 0 Å². The van der Waals surface area contributed by atoms with Gasteiger partial charge in [0.2, 0.25) is 0 Å². The highest BCUT2D eigenvalue weighted by atomic mass is 35.5. The Kier molecular flexibility index (Phi) is 3.92. The average molecular weight is 313 g/mol. The van der Waals surface area contributed by atoms with E-state index in [9.17, 15) is 5.11 Å². The number of hydrogen-bond acceptors (Lipinski definition) is 4. The quantitative estimate of drug-likeness (QED) is 0.945. The molecule has 0 spiro atoms. The van der Waals surface area contributed by atoms with Gasteiger partial charge in [-0.25, -0.2) is 4.68 Å². The SMILES string of the molecule is OCc1c(C2CCCC2)nn(-c2ccc(Cl)nn2)c1Cl. The smallest absolute Gasteiger partial charge is 0.177 e. The van der Waals surface area contributed by atoms with E-state index in [1.807, 2.05) is 0 Å². The lowest BCUT2D eigenvalue weighted by Gasteiger charge is -2.06. The van der Waals surface area contributed by atoms with Crippen LogP contribution in [0.4, 0.5) is 0 Å². The Hall–Kier alpha value is -1.17. The zero-order valence-corrected chi connectivity index (χ0v) is 12.3. The third-order valence-electron chi connectivity index (χ3n) is 3.69. The Morgan fingerprint density at radius 2 is 1.95 bits per heavy atom. The van der Waals surface area contributed by atoms with E-state index in [1.54, 1.807) is 12.1 Å². The Labute approximate surface area is 126 Å². The summed E-state index contributed by atoms with van der Waals surface area (Å²) in [6, 6.07) is 3.34. The third kappa shape index (κ3) is 2.41. The molecule has 1 aliphatic rings. The van der Waals surface area contributed by atoms with Gasteiger partial charge in [-0.3, -0.25) is 0 Å². The summed E-state index contributed by atoms with van der Waals surface area (Å²) >= 11 is 12.1. The monoisotopic (exact) mass is 312 g/mol. The van der Waals surface area contributed by atoms with E-state index in [1.165, 1.54) is 17.5 Å². The fourth-order valence-electron chi connectivity index (χ4n) is 2.69. The van der Waals surface area contributed by atoms with Crippen LogP contribution in [0.2, 0.25) is 10.3 Å². The third-order valence-corrected chi connectivity index (χ3v) is 4.28. The minimum absolute atomic E-state index is 0.119. The molecule has 0 aliphatic heterocycles. The molecular weight excluding hydrogens is 299 g/mol. The van der Waals surface area contributed by atoms with Gasteiger partial charge in [0.05, 0.1) is 12.3 Å². The summed E-state index contributed by atoms with van der Waals surface area (Å²) in [5.74, 6) is 0.870. The molecule has 1 saturated carbocycles. The topological polar surface area (TPSA) is 63.8 Å². The van der Waals surface area contributed by atoms with Crippen molar-refractivity contribution in [1.29, 1.82) is 0 Å². The molecule has 1 N–H and O–H groups in total. The summed E-state index contributed by atoms with van der Waals surface area (Å²) < 4.78 is 1.52. The van der Waals surface area contributed by atoms with E-state index in [0.29, 0.717) is 27.6 Å². The average Bonchev–Trinajstić information content (AvgIpc) is 3.07. The van der Waals surface area contributed by atoms with Crippen LogP contribution >= 0.6 is 23.2 Å². The molecule has 0 amide bonds. The Morgan fingerprint density at radius 3 is 2.55 bits per heavy atom. The molecular formula is C13H14Cl2N4O. The first kappa shape index (κ1) is 13.8. The first-order chi connectivity index (χ1) is 9.70. The molecule has 0 unspecified atom stereocenters. The molecule has 0 bridgehead atoms. The molecule has 2 aromatic heterocycles. The second-order valence-corrected chi connectivity index (χ2v) is 5.67. The molecule has 7 heteroatoms. The summed E-state index contributed by atoms with van der Waals surface area (Å²) in [6.45, 7) is -0.119. The molecule has 0 aromatic carbocycles. The zero-order valence-electron chi connectivity index (χ0n) is 10.8. The van der Waals surface area contributed by atoms with Crippen molar-refractivity contribution in [2.24, 2.45) is 0 Å². The highest BCUT2D eigenvalue weighted by Gasteiger charge is 2.26. The molecule has 20 heavy (non-hydrogen) atoms. The van der Waals surface area contributed by atoms with E-state index in [-0.39, 0.29) is 6.61 Å². The van der Waals surface area contributed by atoms with E-state index in [2.05, 4.69) is 15.3 Å². The minimum atomic E-state index is -0.119. The lowest BCUT2D eigenvalue weighted by Crippen LogP contribution is -2.02. The predicted octanol–water partition coefficient (Wildman–Crippen LogP) is 3.12. The van der Waals surface area contributed by atoms with Crippen molar-refractivity contribution in [2.45, 2.75) is 38.2 Å². The number of rotatable bonds is 3. The zero-order chi connectivity index (χ0) is 14.1. The summed E-state index contributed by atoms with van der Waals surface area (Å²) in [4.78, 5) is 0. The van der Waals surface area contributed by atoms with Crippen molar-refractivity contribution < 1.29 is 5.11 Å². The maximum Gasteiger partial charge on any atom is 0.177 e. The fraction of sp³-hybridized carbons (Fsp3) is 0.462. The van der Waals surface area contributed by atoms with Gasteiger partial charge >= 0.3 is 0 Å². The van der Waals surface area contributed by atoms with Gasteiger partial charge in [0.15, 0.2) is 11.0 Å². The van der Waals surface area contributed by atoms with Gasteiger partial charge in [0, 0.05) is 11.5 Å². The van der Waals surface area contributed by atoms with E-state index in [4.69, 9.17) is 23.2 Å². The molecule has 2 aromatic rings. The van der Waals surface area contributed by atoms with Gasteiger partial charge in [0.25, 0.3) is 0 Å². The van der Waals surface area contributed by atoms with Crippen molar-refractivity contribution in [2.75, 3.05) is 0 Å². The first-order valence-electron chi connectivity index (χ1n) is 6.58. The summed E-state index contributed by atoms with van der Waals surface area (Å²) in [5, 5.41) is 22.6. The minimum Gasteiger partial charge on any atom is -0.391 e. The van der Waals surface area contributed by atoms with Crippen molar-refractivity contribution in [3.8, 4) is 5.82 Å². The molecule has 1 fully saturated rings. The number of halogens is 2. The number of aliphatic hydroxyl groups excluding tert-OH is 1. The van der Waals surface area contributed by atoms with Crippen LogP contribution in [0.5, 0.6) is 0 Å². The largest absolute Gasteiger partial charge is 0.391 e. The Morgan fingerprint density at radius 1 is 1.20 bits per heavy atom. The van der Waals surface area contributed by atoms with Crippen LogP contribution in [0, 0.1) is 0 Å². The summed E-state index contributed by atoms with van der Waals surface area (Å²) in [6.07, 6.45) is 4.57. The van der Waals surface area contributed by atoms with Gasteiger partial charge in [-0.05, 0) is 25.0 Å². The van der Waals surface area contributed by atoms with E-state index >= 15 is 0 Å². The molecule has 1 aliphatic carbocycles. The lowest BCUT2D eigenvalue weighted by molar-refractivity contribution is 0.280. The molecule has 5 nitrogen and oxygen atoms in total. The van der Waals surface area contributed by atoms with Gasteiger partial charge in [-0.15, -0.1) is 10.2 Å². The van der Waals surface area contributed by atoms with Crippen molar-refractivity contribution in [1.82, 2.24) is 20.0 Å². The van der Waals surface area contributed by atoms with Crippen LogP contribution in [-0.2, 0) is 6.61 Å². The maximum atomic E-state index is 9.57. The second-order valence-electron chi connectivity index (χ2n) is 4.92. The van der Waals surface area contributed by atoms with E-state index < -0.39 is 0 Å². The van der Waals surface area contributed by atoms with Gasteiger partial charge < -0.3 is 5.11 Å².